The molecule has 0 aliphatic heterocycles. The van der Waals surface area contributed by atoms with Gasteiger partial charge < -0.3 is 5.32 Å². The Balaban J connectivity index is 2.09. The second-order valence-corrected chi connectivity index (χ2v) is 5.66. The highest BCUT2D eigenvalue weighted by atomic mass is 35.5. The predicted molar refractivity (Wildman–Crippen MR) is 83.1 cm³/mol. The minimum atomic E-state index is -0.615. The van der Waals surface area contributed by atoms with Gasteiger partial charge in [0.2, 0.25) is 5.91 Å². The van der Waals surface area contributed by atoms with E-state index in [0.717, 1.165) is 0 Å². The van der Waals surface area contributed by atoms with Crippen molar-refractivity contribution in [1.82, 2.24) is 5.32 Å². The summed E-state index contributed by atoms with van der Waals surface area (Å²) in [6.07, 6.45) is -0.106. The maximum atomic E-state index is 13.5. The molecule has 0 unspecified atom stereocenters. The van der Waals surface area contributed by atoms with Crippen molar-refractivity contribution in [3.8, 4) is 0 Å². The number of halogens is 4. The van der Waals surface area contributed by atoms with Gasteiger partial charge in [-0.05, 0) is 36.2 Å². The van der Waals surface area contributed by atoms with Crippen LogP contribution in [-0.4, -0.2) is 5.91 Å². The Labute approximate surface area is 137 Å². The summed E-state index contributed by atoms with van der Waals surface area (Å²) in [5.74, 6) is -1.44. The van der Waals surface area contributed by atoms with Crippen molar-refractivity contribution in [2.45, 2.75) is 19.4 Å². The van der Waals surface area contributed by atoms with Crippen LogP contribution in [0.15, 0.2) is 36.4 Å². The van der Waals surface area contributed by atoms with Gasteiger partial charge in [0.1, 0.15) is 11.6 Å². The number of benzene rings is 2. The maximum Gasteiger partial charge on any atom is 0.225 e. The molecule has 2 rings (SSSR count). The molecule has 2 aromatic rings. The zero-order valence-electron chi connectivity index (χ0n) is 11.7. The summed E-state index contributed by atoms with van der Waals surface area (Å²) in [5.41, 5.74) is 0.700. The van der Waals surface area contributed by atoms with Crippen LogP contribution in [0.3, 0.4) is 0 Å². The molecule has 0 aliphatic rings. The molecule has 1 amide bonds. The first-order chi connectivity index (χ1) is 10.4. The zero-order chi connectivity index (χ0) is 16.3. The fraction of sp³-hybridized carbons (Fsp3) is 0.188. The monoisotopic (exact) mass is 343 g/mol. The third-order valence-corrected chi connectivity index (χ3v) is 3.81. The topological polar surface area (TPSA) is 29.1 Å². The lowest BCUT2D eigenvalue weighted by molar-refractivity contribution is -0.121. The van der Waals surface area contributed by atoms with E-state index in [1.54, 1.807) is 19.1 Å². The molecule has 0 heterocycles. The van der Waals surface area contributed by atoms with E-state index in [2.05, 4.69) is 5.32 Å². The number of nitrogens with one attached hydrogen (secondary N) is 1. The van der Waals surface area contributed by atoms with Gasteiger partial charge in [-0.25, -0.2) is 8.78 Å². The standard InChI is InChI=1S/C16H13Cl2F2NO/c1-9(11-7-15(20)13(18)8-12(11)17)21-16(22)6-10-4-2-3-5-14(10)19/h2-5,7-9H,6H2,1H3,(H,21,22)/t9-/m1/s1. The molecule has 0 radical (unpaired) electrons. The largest absolute Gasteiger partial charge is 0.349 e. The number of hydrogen-bond acceptors (Lipinski definition) is 1. The molecule has 1 N–H and O–H groups in total. The van der Waals surface area contributed by atoms with Crippen molar-refractivity contribution in [2.24, 2.45) is 0 Å². The molecule has 1 atom stereocenters. The van der Waals surface area contributed by atoms with Gasteiger partial charge in [-0.1, -0.05) is 41.4 Å². The van der Waals surface area contributed by atoms with Gasteiger partial charge in [0.05, 0.1) is 17.5 Å². The van der Waals surface area contributed by atoms with Gasteiger partial charge in [-0.3, -0.25) is 4.79 Å². The van der Waals surface area contributed by atoms with Crippen molar-refractivity contribution in [3.05, 3.63) is 69.2 Å². The van der Waals surface area contributed by atoms with Crippen molar-refractivity contribution < 1.29 is 13.6 Å². The molecule has 0 spiro atoms. The Hall–Kier alpha value is -1.65. The molecule has 0 fully saturated rings. The van der Waals surface area contributed by atoms with E-state index in [1.165, 1.54) is 24.3 Å². The fourth-order valence-electron chi connectivity index (χ4n) is 2.05. The summed E-state index contributed by atoms with van der Waals surface area (Å²) in [7, 11) is 0. The van der Waals surface area contributed by atoms with Crippen molar-refractivity contribution in [3.63, 3.8) is 0 Å². The average Bonchev–Trinajstić information content (AvgIpc) is 2.45. The Kier molecular flexibility index (Phi) is 5.37. The minimum absolute atomic E-state index is 0.0846. The van der Waals surface area contributed by atoms with Gasteiger partial charge >= 0.3 is 0 Å². The van der Waals surface area contributed by atoms with Crippen LogP contribution in [0.25, 0.3) is 0 Å². The fourth-order valence-corrected chi connectivity index (χ4v) is 2.60. The Bertz CT molecular complexity index is 707. The number of rotatable bonds is 4. The van der Waals surface area contributed by atoms with E-state index in [-0.39, 0.29) is 22.4 Å². The van der Waals surface area contributed by atoms with Crippen LogP contribution in [-0.2, 0) is 11.2 Å². The molecule has 0 saturated heterocycles. The second-order valence-electron chi connectivity index (χ2n) is 4.85. The van der Waals surface area contributed by atoms with Crippen LogP contribution in [0, 0.1) is 11.6 Å². The Morgan fingerprint density at radius 1 is 1.14 bits per heavy atom. The summed E-state index contributed by atoms with van der Waals surface area (Å²) in [6.45, 7) is 1.66. The van der Waals surface area contributed by atoms with Crippen LogP contribution in [0.2, 0.25) is 10.0 Å². The van der Waals surface area contributed by atoms with Crippen LogP contribution < -0.4 is 5.32 Å². The van der Waals surface area contributed by atoms with Gasteiger partial charge in [-0.15, -0.1) is 0 Å². The third kappa shape index (κ3) is 3.96. The summed E-state index contributed by atoms with van der Waals surface area (Å²) in [6, 6.07) is 7.97. The Morgan fingerprint density at radius 3 is 2.50 bits per heavy atom. The van der Waals surface area contributed by atoms with Crippen LogP contribution in [0.4, 0.5) is 8.78 Å². The SMILES string of the molecule is C[C@@H](NC(=O)Cc1ccccc1F)c1cc(F)c(Cl)cc1Cl. The first kappa shape index (κ1) is 16.7. The van der Waals surface area contributed by atoms with E-state index >= 15 is 0 Å². The van der Waals surface area contributed by atoms with Crippen LogP contribution in [0.1, 0.15) is 24.1 Å². The number of hydrogen-bond donors (Lipinski definition) is 1. The molecule has 0 aromatic heterocycles. The van der Waals surface area contributed by atoms with Gasteiger partial charge in [0.15, 0.2) is 0 Å². The molecule has 22 heavy (non-hydrogen) atoms. The third-order valence-electron chi connectivity index (χ3n) is 3.19. The quantitative estimate of drug-likeness (QED) is 0.801. The summed E-state index contributed by atoms with van der Waals surface area (Å²) >= 11 is 11.6. The highest BCUT2D eigenvalue weighted by Gasteiger charge is 2.16. The molecule has 116 valence electrons. The minimum Gasteiger partial charge on any atom is -0.349 e. The summed E-state index contributed by atoms with van der Waals surface area (Å²) in [4.78, 5) is 12.0. The smallest absolute Gasteiger partial charge is 0.225 e. The first-order valence-electron chi connectivity index (χ1n) is 6.55. The summed E-state index contributed by atoms with van der Waals surface area (Å²) in [5, 5.41) is 2.83. The summed E-state index contributed by atoms with van der Waals surface area (Å²) < 4.78 is 27.0. The lowest BCUT2D eigenvalue weighted by Gasteiger charge is -2.16. The maximum absolute atomic E-state index is 13.5. The van der Waals surface area contributed by atoms with Crippen molar-refractivity contribution in [1.29, 1.82) is 0 Å². The van der Waals surface area contributed by atoms with Crippen molar-refractivity contribution >= 4 is 29.1 Å². The number of amides is 1. The van der Waals surface area contributed by atoms with Gasteiger partial charge in [-0.2, -0.15) is 0 Å². The van der Waals surface area contributed by atoms with E-state index in [0.29, 0.717) is 11.1 Å². The Morgan fingerprint density at radius 2 is 1.82 bits per heavy atom. The zero-order valence-corrected chi connectivity index (χ0v) is 13.2. The van der Waals surface area contributed by atoms with Crippen LogP contribution >= 0.6 is 23.2 Å². The lowest BCUT2D eigenvalue weighted by atomic mass is 10.1. The first-order valence-corrected chi connectivity index (χ1v) is 7.31. The normalized spacial score (nSPS) is 12.0. The van der Waals surface area contributed by atoms with Crippen molar-refractivity contribution in [2.75, 3.05) is 0 Å². The van der Waals surface area contributed by atoms with Crippen LogP contribution in [0.5, 0.6) is 0 Å². The predicted octanol–water partition coefficient (Wildman–Crippen LogP) is 4.69. The molecule has 0 bridgehead atoms. The molecular formula is C16H13Cl2F2NO. The second kappa shape index (κ2) is 7.07. The van der Waals surface area contributed by atoms with Gasteiger partial charge in [0, 0.05) is 5.02 Å². The highest BCUT2D eigenvalue weighted by Crippen LogP contribution is 2.28. The molecule has 2 aromatic carbocycles. The molecule has 0 saturated carbocycles. The molecule has 0 aliphatic carbocycles. The van der Waals surface area contributed by atoms with E-state index in [1.807, 2.05) is 0 Å². The lowest BCUT2D eigenvalue weighted by Crippen LogP contribution is -2.28. The molecular weight excluding hydrogens is 331 g/mol. The molecule has 6 heteroatoms. The average molecular weight is 344 g/mol. The van der Waals surface area contributed by atoms with E-state index in [9.17, 15) is 13.6 Å². The van der Waals surface area contributed by atoms with E-state index in [4.69, 9.17) is 23.2 Å². The van der Waals surface area contributed by atoms with Gasteiger partial charge in [0.25, 0.3) is 0 Å². The molecule has 2 nitrogen and oxygen atoms in total. The number of carbonyl (C=O) groups is 1. The highest BCUT2D eigenvalue weighted by molar-refractivity contribution is 6.35. The number of carbonyl (C=O) groups excluding carboxylic acids is 1. The van der Waals surface area contributed by atoms with E-state index < -0.39 is 17.7 Å².